The van der Waals surface area contributed by atoms with Crippen molar-refractivity contribution in [2.75, 3.05) is 31.1 Å². The minimum Gasteiger partial charge on any atom is -0.361 e. The zero-order valence-corrected chi connectivity index (χ0v) is 18.0. The van der Waals surface area contributed by atoms with Crippen molar-refractivity contribution in [2.45, 2.75) is 25.6 Å². The fourth-order valence-electron chi connectivity index (χ4n) is 4.08. The van der Waals surface area contributed by atoms with Crippen LogP contribution in [0.2, 0.25) is 0 Å². The van der Waals surface area contributed by atoms with Crippen molar-refractivity contribution in [3.05, 3.63) is 59.9 Å². The van der Waals surface area contributed by atoms with Gasteiger partial charge in [0.15, 0.2) is 0 Å². The summed E-state index contributed by atoms with van der Waals surface area (Å²) in [6.45, 7) is 3.01. The summed E-state index contributed by atoms with van der Waals surface area (Å²) in [4.78, 5) is 35.7. The smallest absolute Gasteiger partial charge is 0.361 e. The fourth-order valence-corrected chi connectivity index (χ4v) is 4.08. The molecule has 1 atom stereocenters. The van der Waals surface area contributed by atoms with E-state index in [-0.39, 0.29) is 11.8 Å². The number of hydrogen-bond donors (Lipinski definition) is 2. The Bertz CT molecular complexity index is 1130. The molecule has 0 radical (unpaired) electrons. The molecule has 33 heavy (non-hydrogen) atoms. The second kappa shape index (κ2) is 9.13. The van der Waals surface area contributed by atoms with Gasteiger partial charge < -0.3 is 20.1 Å². The molecule has 10 heteroatoms. The molecule has 3 aromatic rings. The molecular weight excluding hydrogens is 435 g/mol. The van der Waals surface area contributed by atoms with Crippen LogP contribution in [0.25, 0.3) is 10.9 Å². The molecular formula is C23H24F3N5O2. The minimum absolute atomic E-state index is 0.185. The number of amides is 2. The third-order valence-corrected chi connectivity index (χ3v) is 5.77. The van der Waals surface area contributed by atoms with Crippen molar-refractivity contribution in [1.29, 1.82) is 0 Å². The van der Waals surface area contributed by atoms with Gasteiger partial charge in [-0.05, 0) is 23.8 Å². The molecule has 0 aliphatic carbocycles. The molecule has 174 valence electrons. The highest BCUT2D eigenvalue weighted by atomic mass is 19.4. The van der Waals surface area contributed by atoms with Crippen molar-refractivity contribution >= 4 is 28.5 Å². The van der Waals surface area contributed by atoms with E-state index in [1.54, 1.807) is 4.90 Å². The van der Waals surface area contributed by atoms with Gasteiger partial charge in [0.1, 0.15) is 11.9 Å². The zero-order valence-electron chi connectivity index (χ0n) is 18.0. The van der Waals surface area contributed by atoms with E-state index in [1.165, 1.54) is 13.0 Å². The summed E-state index contributed by atoms with van der Waals surface area (Å²) in [6.07, 6.45) is -1.41. The maximum atomic E-state index is 13.2. The number of H-pyrrole nitrogens is 1. The van der Waals surface area contributed by atoms with Gasteiger partial charge >= 0.3 is 6.18 Å². The van der Waals surface area contributed by atoms with E-state index in [0.29, 0.717) is 38.4 Å². The lowest BCUT2D eigenvalue weighted by atomic mass is 10.0. The summed E-state index contributed by atoms with van der Waals surface area (Å²) < 4.78 is 38.3. The first kappa shape index (κ1) is 22.6. The largest absolute Gasteiger partial charge is 0.417 e. The number of fused-ring (bicyclic) bond motifs is 1. The van der Waals surface area contributed by atoms with Gasteiger partial charge in [-0.2, -0.15) is 13.2 Å². The quantitative estimate of drug-likeness (QED) is 0.615. The first-order valence-corrected chi connectivity index (χ1v) is 10.6. The Labute approximate surface area is 188 Å². The van der Waals surface area contributed by atoms with Gasteiger partial charge in [0, 0.05) is 62.8 Å². The van der Waals surface area contributed by atoms with Gasteiger partial charge in [0.05, 0.1) is 5.56 Å². The van der Waals surface area contributed by atoms with Crippen LogP contribution in [0.1, 0.15) is 18.1 Å². The minimum atomic E-state index is -4.43. The number of anilines is 1. The number of para-hydroxylation sites is 1. The predicted molar refractivity (Wildman–Crippen MR) is 118 cm³/mol. The third kappa shape index (κ3) is 5.10. The average Bonchev–Trinajstić information content (AvgIpc) is 3.20. The van der Waals surface area contributed by atoms with Gasteiger partial charge in [0.2, 0.25) is 11.8 Å². The highest BCUT2D eigenvalue weighted by molar-refractivity contribution is 5.89. The molecule has 1 aliphatic rings. The van der Waals surface area contributed by atoms with Gasteiger partial charge in [-0.3, -0.25) is 9.59 Å². The molecule has 3 heterocycles. The lowest BCUT2D eigenvalue weighted by Gasteiger charge is -2.37. The lowest BCUT2D eigenvalue weighted by molar-refractivity contribution is -0.138. The Hall–Kier alpha value is -3.56. The van der Waals surface area contributed by atoms with Crippen LogP contribution >= 0.6 is 0 Å². The Morgan fingerprint density at radius 3 is 2.48 bits per heavy atom. The molecule has 1 aromatic carbocycles. The maximum absolute atomic E-state index is 13.2. The number of aromatic nitrogens is 2. The first-order chi connectivity index (χ1) is 15.7. The molecule has 7 nitrogen and oxygen atoms in total. The summed E-state index contributed by atoms with van der Waals surface area (Å²) in [6, 6.07) is 9.39. The molecule has 0 saturated carbocycles. The second-order valence-electron chi connectivity index (χ2n) is 8.03. The Morgan fingerprint density at radius 1 is 1.12 bits per heavy atom. The van der Waals surface area contributed by atoms with Crippen molar-refractivity contribution in [3.63, 3.8) is 0 Å². The number of benzene rings is 1. The van der Waals surface area contributed by atoms with Crippen LogP contribution in [0, 0.1) is 0 Å². The molecule has 4 rings (SSSR count). The topological polar surface area (TPSA) is 81.3 Å². The Morgan fingerprint density at radius 2 is 1.85 bits per heavy atom. The number of hydrogen-bond acceptors (Lipinski definition) is 4. The number of carbonyl (C=O) groups is 2. The number of nitrogens with one attached hydrogen (secondary N) is 2. The molecule has 2 aromatic heterocycles. The molecule has 0 bridgehead atoms. The van der Waals surface area contributed by atoms with E-state index in [9.17, 15) is 22.8 Å². The molecule has 1 saturated heterocycles. The van der Waals surface area contributed by atoms with E-state index < -0.39 is 17.8 Å². The molecule has 2 N–H and O–H groups in total. The molecule has 1 aliphatic heterocycles. The molecule has 0 spiro atoms. The standard InChI is InChI=1S/C23H24F3N5O2/c1-15(32)29-20(12-16-13-27-19-5-3-2-4-18(16)19)22(33)31-10-8-30(9-11-31)21-7-6-17(14-28-21)23(24,25)26/h2-7,13-14,20,27H,8-12H2,1H3,(H,29,32). The first-order valence-electron chi connectivity index (χ1n) is 10.6. The van der Waals surface area contributed by atoms with Crippen molar-refractivity contribution < 1.29 is 22.8 Å². The fraction of sp³-hybridized carbons (Fsp3) is 0.348. The van der Waals surface area contributed by atoms with Crippen LogP contribution < -0.4 is 10.2 Å². The maximum Gasteiger partial charge on any atom is 0.417 e. The second-order valence-corrected chi connectivity index (χ2v) is 8.03. The number of alkyl halides is 3. The summed E-state index contributed by atoms with van der Waals surface area (Å²) >= 11 is 0. The van der Waals surface area contributed by atoms with E-state index >= 15 is 0 Å². The number of pyridine rings is 1. The van der Waals surface area contributed by atoms with E-state index in [1.807, 2.05) is 35.4 Å². The number of rotatable bonds is 5. The van der Waals surface area contributed by atoms with Gasteiger partial charge in [0.25, 0.3) is 0 Å². The SMILES string of the molecule is CC(=O)NC(Cc1c[nH]c2ccccc12)C(=O)N1CCN(c2ccc(C(F)(F)F)cn2)CC1. The van der Waals surface area contributed by atoms with Gasteiger partial charge in [-0.15, -0.1) is 0 Å². The van der Waals surface area contributed by atoms with Crippen LogP contribution in [0.5, 0.6) is 0 Å². The van der Waals surface area contributed by atoms with Crippen LogP contribution in [0.15, 0.2) is 48.8 Å². The van der Waals surface area contributed by atoms with E-state index in [2.05, 4.69) is 15.3 Å². The van der Waals surface area contributed by atoms with Crippen LogP contribution in [0.3, 0.4) is 0 Å². The van der Waals surface area contributed by atoms with Crippen molar-refractivity contribution in [1.82, 2.24) is 20.2 Å². The van der Waals surface area contributed by atoms with Crippen LogP contribution in [-0.2, 0) is 22.2 Å². The monoisotopic (exact) mass is 459 g/mol. The third-order valence-electron chi connectivity index (χ3n) is 5.77. The Kier molecular flexibility index (Phi) is 6.26. The highest BCUT2D eigenvalue weighted by Crippen LogP contribution is 2.29. The van der Waals surface area contributed by atoms with E-state index in [0.717, 1.165) is 28.7 Å². The zero-order chi connectivity index (χ0) is 23.6. The molecule has 2 amide bonds. The van der Waals surface area contributed by atoms with Crippen LogP contribution in [0.4, 0.5) is 19.0 Å². The summed E-state index contributed by atoms with van der Waals surface area (Å²) in [5.74, 6) is -0.0383. The highest BCUT2D eigenvalue weighted by Gasteiger charge is 2.32. The van der Waals surface area contributed by atoms with Crippen molar-refractivity contribution in [3.8, 4) is 0 Å². The number of piperazine rings is 1. The van der Waals surface area contributed by atoms with Crippen molar-refractivity contribution in [2.24, 2.45) is 0 Å². The normalized spacial score (nSPS) is 15.5. The molecule has 1 unspecified atom stereocenters. The summed E-state index contributed by atoms with van der Waals surface area (Å²) in [7, 11) is 0. The Balaban J connectivity index is 1.42. The average molecular weight is 459 g/mol. The van der Waals surface area contributed by atoms with Gasteiger partial charge in [-0.25, -0.2) is 4.98 Å². The van der Waals surface area contributed by atoms with Gasteiger partial charge in [-0.1, -0.05) is 18.2 Å². The number of aromatic amines is 1. The lowest BCUT2D eigenvalue weighted by Crippen LogP contribution is -2.55. The number of carbonyl (C=O) groups excluding carboxylic acids is 2. The summed E-state index contributed by atoms with van der Waals surface area (Å²) in [5, 5.41) is 3.77. The number of halogens is 3. The van der Waals surface area contributed by atoms with E-state index in [4.69, 9.17) is 0 Å². The summed E-state index contributed by atoms with van der Waals surface area (Å²) in [5.41, 5.74) is 1.10. The number of nitrogens with zero attached hydrogens (tertiary/aromatic N) is 3. The molecule has 1 fully saturated rings. The van der Waals surface area contributed by atoms with Crippen LogP contribution in [-0.4, -0.2) is 58.9 Å². The predicted octanol–water partition coefficient (Wildman–Crippen LogP) is 2.98.